The summed E-state index contributed by atoms with van der Waals surface area (Å²) in [4.78, 5) is 11.2. The number of ether oxygens (including phenoxy) is 1. The van der Waals surface area contributed by atoms with E-state index in [4.69, 9.17) is 10.5 Å². The van der Waals surface area contributed by atoms with E-state index in [0.717, 1.165) is 11.3 Å². The first-order chi connectivity index (χ1) is 8.18. The van der Waals surface area contributed by atoms with Crippen LogP contribution in [0.4, 0.5) is 0 Å². The zero-order valence-electron chi connectivity index (χ0n) is 9.51. The minimum absolute atomic E-state index is 0.444. The van der Waals surface area contributed by atoms with Crippen LogP contribution in [0.3, 0.4) is 0 Å². The molecule has 0 heterocycles. The zero-order chi connectivity index (χ0) is 12.3. The molecule has 0 unspecified atom stereocenters. The Kier molecular flexibility index (Phi) is 3.10. The van der Waals surface area contributed by atoms with Crippen molar-refractivity contribution in [2.45, 2.75) is 6.92 Å². The normalized spacial score (nSPS) is 9.94. The highest BCUT2D eigenvalue weighted by Gasteiger charge is 2.09. The Bertz CT molecular complexity index is 535. The molecule has 17 heavy (non-hydrogen) atoms. The van der Waals surface area contributed by atoms with Crippen molar-refractivity contribution < 1.29 is 9.53 Å². The third-order valence-corrected chi connectivity index (χ3v) is 2.52. The maximum Gasteiger partial charge on any atom is 0.249 e. The van der Waals surface area contributed by atoms with Gasteiger partial charge in [0.2, 0.25) is 5.91 Å². The van der Waals surface area contributed by atoms with Crippen LogP contribution in [0, 0.1) is 6.92 Å². The summed E-state index contributed by atoms with van der Waals surface area (Å²) in [5.74, 6) is 0.936. The number of rotatable bonds is 3. The van der Waals surface area contributed by atoms with Crippen LogP contribution in [0.25, 0.3) is 0 Å². The molecule has 86 valence electrons. The highest BCUT2D eigenvalue weighted by atomic mass is 16.5. The molecule has 0 aromatic heterocycles. The molecule has 2 aromatic rings. The van der Waals surface area contributed by atoms with E-state index in [1.807, 2.05) is 43.3 Å². The minimum Gasteiger partial charge on any atom is -0.457 e. The van der Waals surface area contributed by atoms with Crippen molar-refractivity contribution in [3.8, 4) is 11.5 Å². The van der Waals surface area contributed by atoms with E-state index in [9.17, 15) is 4.79 Å². The monoisotopic (exact) mass is 227 g/mol. The molecule has 0 radical (unpaired) electrons. The van der Waals surface area contributed by atoms with Gasteiger partial charge in [-0.1, -0.05) is 24.3 Å². The first kappa shape index (κ1) is 11.2. The molecule has 0 atom stereocenters. The predicted octanol–water partition coefficient (Wildman–Crippen LogP) is 2.89. The van der Waals surface area contributed by atoms with E-state index in [0.29, 0.717) is 11.3 Å². The molecule has 2 aromatic carbocycles. The fourth-order valence-corrected chi connectivity index (χ4v) is 1.61. The first-order valence-corrected chi connectivity index (χ1v) is 5.31. The van der Waals surface area contributed by atoms with E-state index in [1.54, 1.807) is 12.1 Å². The summed E-state index contributed by atoms with van der Waals surface area (Å²) in [5.41, 5.74) is 6.52. The van der Waals surface area contributed by atoms with Crippen molar-refractivity contribution >= 4 is 5.91 Å². The molecule has 2 N–H and O–H groups in total. The molecule has 3 heteroatoms. The van der Waals surface area contributed by atoms with Crippen LogP contribution >= 0.6 is 0 Å². The molecule has 3 nitrogen and oxygen atoms in total. The second-order valence-electron chi connectivity index (χ2n) is 3.71. The average Bonchev–Trinajstić information content (AvgIpc) is 2.33. The molecule has 0 bridgehead atoms. The number of hydrogen-bond donors (Lipinski definition) is 1. The summed E-state index contributed by atoms with van der Waals surface area (Å²) in [5, 5.41) is 0. The van der Waals surface area contributed by atoms with Crippen molar-refractivity contribution in [3.63, 3.8) is 0 Å². The summed E-state index contributed by atoms with van der Waals surface area (Å²) >= 11 is 0. The van der Waals surface area contributed by atoms with E-state index < -0.39 is 5.91 Å². The number of carbonyl (C=O) groups excluding carboxylic acids is 1. The number of primary amides is 1. The molecule has 0 saturated heterocycles. The van der Waals surface area contributed by atoms with Crippen LogP contribution in [0.1, 0.15) is 15.9 Å². The number of benzene rings is 2. The Balaban J connectivity index is 2.34. The van der Waals surface area contributed by atoms with Gasteiger partial charge in [0.25, 0.3) is 0 Å². The van der Waals surface area contributed by atoms with Gasteiger partial charge in [-0.2, -0.15) is 0 Å². The molecule has 0 fully saturated rings. The highest BCUT2D eigenvalue weighted by Crippen LogP contribution is 2.26. The van der Waals surface area contributed by atoms with Crippen LogP contribution in [0.15, 0.2) is 48.5 Å². The fourth-order valence-electron chi connectivity index (χ4n) is 1.61. The molecule has 2 rings (SSSR count). The molecule has 1 amide bonds. The van der Waals surface area contributed by atoms with Crippen LogP contribution in [-0.4, -0.2) is 5.91 Å². The Hall–Kier alpha value is -2.29. The maximum absolute atomic E-state index is 11.2. The predicted molar refractivity (Wildman–Crippen MR) is 66.2 cm³/mol. The first-order valence-electron chi connectivity index (χ1n) is 5.31. The van der Waals surface area contributed by atoms with Crippen LogP contribution in [0.5, 0.6) is 11.5 Å². The van der Waals surface area contributed by atoms with Crippen molar-refractivity contribution in [2.75, 3.05) is 0 Å². The second kappa shape index (κ2) is 4.70. The van der Waals surface area contributed by atoms with Crippen molar-refractivity contribution in [1.29, 1.82) is 0 Å². The summed E-state index contributed by atoms with van der Waals surface area (Å²) in [6.07, 6.45) is 0. The van der Waals surface area contributed by atoms with Gasteiger partial charge in [0.1, 0.15) is 11.5 Å². The molecular weight excluding hydrogens is 214 g/mol. The van der Waals surface area contributed by atoms with Gasteiger partial charge >= 0.3 is 0 Å². The number of para-hydroxylation sites is 1. The SMILES string of the molecule is Cc1c(Oc2ccccc2)cccc1C(N)=O. The van der Waals surface area contributed by atoms with E-state index >= 15 is 0 Å². The van der Waals surface area contributed by atoms with Crippen LogP contribution in [0.2, 0.25) is 0 Å². The molecule has 0 aliphatic rings. The quantitative estimate of drug-likeness (QED) is 0.876. The van der Waals surface area contributed by atoms with Crippen LogP contribution < -0.4 is 10.5 Å². The highest BCUT2D eigenvalue weighted by molar-refractivity contribution is 5.94. The van der Waals surface area contributed by atoms with Gasteiger partial charge in [-0.15, -0.1) is 0 Å². The van der Waals surface area contributed by atoms with E-state index in [1.165, 1.54) is 0 Å². The number of hydrogen-bond acceptors (Lipinski definition) is 2. The van der Waals surface area contributed by atoms with Crippen molar-refractivity contribution in [2.24, 2.45) is 5.73 Å². The summed E-state index contributed by atoms with van der Waals surface area (Å²) in [6, 6.07) is 14.7. The Labute approximate surface area is 99.8 Å². The van der Waals surface area contributed by atoms with Gasteiger partial charge in [0.15, 0.2) is 0 Å². The number of nitrogens with two attached hydrogens (primary N) is 1. The standard InChI is InChI=1S/C14H13NO2/c1-10-12(14(15)16)8-5-9-13(10)17-11-6-3-2-4-7-11/h2-9H,1H3,(H2,15,16). The maximum atomic E-state index is 11.2. The summed E-state index contributed by atoms with van der Waals surface area (Å²) in [6.45, 7) is 1.82. The molecule has 0 spiro atoms. The fraction of sp³-hybridized carbons (Fsp3) is 0.0714. The lowest BCUT2D eigenvalue weighted by Gasteiger charge is -2.10. The lowest BCUT2D eigenvalue weighted by Crippen LogP contribution is -2.12. The second-order valence-corrected chi connectivity index (χ2v) is 3.71. The van der Waals surface area contributed by atoms with Crippen molar-refractivity contribution in [1.82, 2.24) is 0 Å². The number of amides is 1. The minimum atomic E-state index is -0.444. The lowest BCUT2D eigenvalue weighted by molar-refractivity contribution is 0.0999. The Morgan fingerprint density at radius 1 is 1.06 bits per heavy atom. The number of carbonyl (C=O) groups is 1. The third-order valence-electron chi connectivity index (χ3n) is 2.52. The van der Waals surface area contributed by atoms with Gasteiger partial charge in [-0.3, -0.25) is 4.79 Å². The summed E-state index contributed by atoms with van der Waals surface area (Å²) < 4.78 is 5.69. The molecule has 0 aliphatic heterocycles. The van der Waals surface area contributed by atoms with E-state index in [2.05, 4.69) is 0 Å². The van der Waals surface area contributed by atoms with Gasteiger partial charge in [-0.25, -0.2) is 0 Å². The van der Waals surface area contributed by atoms with Gasteiger partial charge in [-0.05, 0) is 31.2 Å². The van der Waals surface area contributed by atoms with Gasteiger partial charge in [0, 0.05) is 11.1 Å². The smallest absolute Gasteiger partial charge is 0.249 e. The molecule has 0 saturated carbocycles. The largest absolute Gasteiger partial charge is 0.457 e. The van der Waals surface area contributed by atoms with Gasteiger partial charge in [0.05, 0.1) is 0 Å². The Morgan fingerprint density at radius 3 is 2.41 bits per heavy atom. The van der Waals surface area contributed by atoms with E-state index in [-0.39, 0.29) is 0 Å². The molecular formula is C14H13NO2. The zero-order valence-corrected chi connectivity index (χ0v) is 9.51. The van der Waals surface area contributed by atoms with Gasteiger partial charge < -0.3 is 10.5 Å². The third kappa shape index (κ3) is 2.45. The average molecular weight is 227 g/mol. The Morgan fingerprint density at radius 2 is 1.76 bits per heavy atom. The topological polar surface area (TPSA) is 52.3 Å². The summed E-state index contributed by atoms with van der Waals surface area (Å²) in [7, 11) is 0. The molecule has 0 aliphatic carbocycles. The van der Waals surface area contributed by atoms with Crippen LogP contribution in [-0.2, 0) is 0 Å². The lowest BCUT2D eigenvalue weighted by atomic mass is 10.1. The van der Waals surface area contributed by atoms with Crippen molar-refractivity contribution in [3.05, 3.63) is 59.7 Å².